The number of aromatic nitrogens is 1. The Balaban J connectivity index is 1.80. The van der Waals surface area contributed by atoms with Gasteiger partial charge in [-0.3, -0.25) is 9.59 Å². The quantitative estimate of drug-likeness (QED) is 0.234. The number of thioether (sulfide) groups is 1. The van der Waals surface area contributed by atoms with Crippen molar-refractivity contribution in [2.45, 2.75) is 36.1 Å². The van der Waals surface area contributed by atoms with Crippen LogP contribution in [-0.2, 0) is 30.7 Å². The van der Waals surface area contributed by atoms with Crippen LogP contribution in [0, 0.1) is 0 Å². The molecule has 1 aromatic heterocycles. The number of hydrogen-bond acceptors (Lipinski definition) is 7. The Labute approximate surface area is 205 Å². The van der Waals surface area contributed by atoms with Crippen molar-refractivity contribution in [3.8, 4) is 0 Å². The summed E-state index contributed by atoms with van der Waals surface area (Å²) < 4.78 is 31.1. The smallest absolute Gasteiger partial charge is 0.326 e. The highest BCUT2D eigenvalue weighted by Crippen LogP contribution is 2.23. The average Bonchev–Trinajstić information content (AvgIpc) is 3.08. The molecule has 11 heteroatoms. The van der Waals surface area contributed by atoms with E-state index in [9.17, 15) is 18.0 Å². The van der Waals surface area contributed by atoms with Crippen molar-refractivity contribution in [2.75, 3.05) is 18.6 Å². The normalized spacial score (nSPS) is 12.3. The van der Waals surface area contributed by atoms with E-state index in [2.05, 4.69) is 4.99 Å². The first kappa shape index (κ1) is 25.5. The zero-order valence-corrected chi connectivity index (χ0v) is 21.3. The molecule has 2 aromatic carbocycles. The van der Waals surface area contributed by atoms with Crippen LogP contribution in [0.25, 0.3) is 10.2 Å². The van der Waals surface area contributed by atoms with Crippen molar-refractivity contribution in [1.82, 2.24) is 4.57 Å². The molecule has 0 saturated heterocycles. The highest BCUT2D eigenvalue weighted by molar-refractivity contribution is 7.99. The Morgan fingerprint density at radius 3 is 2.58 bits per heavy atom. The molecule has 0 aliphatic heterocycles. The molecule has 0 aliphatic carbocycles. The van der Waals surface area contributed by atoms with Gasteiger partial charge in [-0.1, -0.05) is 22.9 Å². The molecule has 0 saturated carbocycles. The molecule has 33 heavy (non-hydrogen) atoms. The predicted octanol–water partition coefficient (Wildman–Crippen LogP) is 4.32. The third kappa shape index (κ3) is 7.17. The summed E-state index contributed by atoms with van der Waals surface area (Å²) in [5.74, 6) is -0.0209. The van der Waals surface area contributed by atoms with Crippen LogP contribution in [-0.4, -0.2) is 43.5 Å². The van der Waals surface area contributed by atoms with E-state index in [4.69, 9.17) is 16.3 Å². The minimum absolute atomic E-state index is 0.120. The molecule has 176 valence electrons. The van der Waals surface area contributed by atoms with Gasteiger partial charge in [0.1, 0.15) is 6.54 Å². The number of rotatable bonds is 9. The second-order valence-corrected chi connectivity index (χ2v) is 11.7. The SMILES string of the molecule is CCOC(=O)Cn1c(=NC(=O)CCCSc2ccc(Cl)cc2)sc2cc(S(C)(=O)=O)ccc21. The van der Waals surface area contributed by atoms with E-state index in [1.54, 1.807) is 29.3 Å². The van der Waals surface area contributed by atoms with Gasteiger partial charge in [0.05, 0.1) is 21.7 Å². The van der Waals surface area contributed by atoms with Gasteiger partial charge in [-0.05, 0) is 61.6 Å². The molecular formula is C22H23ClN2O5S3. The summed E-state index contributed by atoms with van der Waals surface area (Å²) in [4.78, 5) is 30.4. The fourth-order valence-corrected chi connectivity index (χ4v) is 5.75. The van der Waals surface area contributed by atoms with Gasteiger partial charge < -0.3 is 9.30 Å². The van der Waals surface area contributed by atoms with E-state index < -0.39 is 15.8 Å². The molecule has 1 heterocycles. The summed E-state index contributed by atoms with van der Waals surface area (Å²) in [5, 5.41) is 0.677. The topological polar surface area (TPSA) is 94.8 Å². The average molecular weight is 527 g/mol. The molecule has 3 aromatic rings. The van der Waals surface area contributed by atoms with Crippen LogP contribution in [0.3, 0.4) is 0 Å². The van der Waals surface area contributed by atoms with Crippen LogP contribution in [0.5, 0.6) is 0 Å². The van der Waals surface area contributed by atoms with Crippen molar-refractivity contribution >= 4 is 66.6 Å². The van der Waals surface area contributed by atoms with Gasteiger partial charge in [0.2, 0.25) is 5.91 Å². The lowest BCUT2D eigenvalue weighted by Crippen LogP contribution is -2.23. The standard InChI is InChI=1S/C22H23ClN2O5S3/c1-3-30-21(27)14-25-18-11-10-17(33(2,28)29)13-19(18)32-22(25)24-20(26)5-4-12-31-16-8-6-15(23)7-9-16/h6-11,13H,3-5,12,14H2,1-2H3. The van der Waals surface area contributed by atoms with E-state index in [1.807, 2.05) is 24.3 Å². The van der Waals surface area contributed by atoms with Crippen molar-refractivity contribution < 1.29 is 22.7 Å². The van der Waals surface area contributed by atoms with Crippen LogP contribution < -0.4 is 4.80 Å². The molecule has 7 nitrogen and oxygen atoms in total. The number of nitrogens with zero attached hydrogens (tertiary/aromatic N) is 2. The fraction of sp³-hybridized carbons (Fsp3) is 0.318. The summed E-state index contributed by atoms with van der Waals surface area (Å²) in [7, 11) is -3.39. The van der Waals surface area contributed by atoms with Crippen molar-refractivity contribution in [3.63, 3.8) is 0 Å². The van der Waals surface area contributed by atoms with Crippen molar-refractivity contribution in [2.24, 2.45) is 4.99 Å². The number of carbonyl (C=O) groups is 2. The van der Waals surface area contributed by atoms with Crippen LogP contribution in [0.1, 0.15) is 19.8 Å². The lowest BCUT2D eigenvalue weighted by molar-refractivity contribution is -0.143. The maximum absolute atomic E-state index is 12.5. The van der Waals surface area contributed by atoms with Crippen LogP contribution >= 0.6 is 34.7 Å². The molecule has 0 atom stereocenters. The first-order valence-corrected chi connectivity index (χ1v) is 14.2. The molecule has 0 fully saturated rings. The maximum Gasteiger partial charge on any atom is 0.326 e. The first-order valence-electron chi connectivity index (χ1n) is 10.1. The number of halogens is 1. The van der Waals surface area contributed by atoms with Crippen LogP contribution in [0.4, 0.5) is 0 Å². The Morgan fingerprint density at radius 1 is 1.18 bits per heavy atom. The molecule has 0 bridgehead atoms. The van der Waals surface area contributed by atoms with E-state index in [0.717, 1.165) is 16.9 Å². The molecule has 0 N–H and O–H groups in total. The zero-order valence-electron chi connectivity index (χ0n) is 18.1. The van der Waals surface area contributed by atoms with Crippen molar-refractivity contribution in [1.29, 1.82) is 0 Å². The molecule has 1 amide bonds. The highest BCUT2D eigenvalue weighted by Gasteiger charge is 2.15. The van der Waals surface area contributed by atoms with E-state index in [0.29, 0.717) is 26.5 Å². The number of thiazole rings is 1. The lowest BCUT2D eigenvalue weighted by atomic mass is 10.3. The molecule has 0 spiro atoms. The molecule has 0 aliphatic rings. The Hall–Kier alpha value is -2.14. The number of sulfone groups is 1. The second kappa shape index (κ2) is 11.3. The highest BCUT2D eigenvalue weighted by atomic mass is 35.5. The minimum atomic E-state index is -3.39. The van der Waals surface area contributed by atoms with Gasteiger partial charge in [-0.25, -0.2) is 8.42 Å². The Bertz CT molecular complexity index is 1330. The van der Waals surface area contributed by atoms with E-state index in [-0.39, 0.29) is 30.4 Å². The molecule has 0 unspecified atom stereocenters. The predicted molar refractivity (Wildman–Crippen MR) is 132 cm³/mol. The van der Waals surface area contributed by atoms with E-state index in [1.165, 1.54) is 23.5 Å². The lowest BCUT2D eigenvalue weighted by Gasteiger charge is -2.05. The molecular weight excluding hydrogens is 504 g/mol. The summed E-state index contributed by atoms with van der Waals surface area (Å²) in [5.41, 5.74) is 0.616. The summed E-state index contributed by atoms with van der Waals surface area (Å²) in [6, 6.07) is 12.1. The number of amides is 1. The summed E-state index contributed by atoms with van der Waals surface area (Å²) in [6.07, 6.45) is 2.02. The second-order valence-electron chi connectivity index (χ2n) is 7.09. The monoisotopic (exact) mass is 526 g/mol. The van der Waals surface area contributed by atoms with Gasteiger partial charge in [-0.2, -0.15) is 4.99 Å². The largest absolute Gasteiger partial charge is 0.465 e. The third-order valence-electron chi connectivity index (χ3n) is 4.51. The number of benzene rings is 2. The summed E-state index contributed by atoms with van der Waals surface area (Å²) in [6.45, 7) is 1.82. The Morgan fingerprint density at radius 2 is 1.91 bits per heavy atom. The van der Waals surface area contributed by atoms with Crippen LogP contribution in [0.15, 0.2) is 57.2 Å². The first-order chi connectivity index (χ1) is 15.7. The van der Waals surface area contributed by atoms with Crippen molar-refractivity contribution in [3.05, 3.63) is 52.3 Å². The maximum atomic E-state index is 12.5. The third-order valence-corrected chi connectivity index (χ3v) is 8.01. The number of esters is 1. The Kier molecular flexibility index (Phi) is 8.75. The van der Waals surface area contributed by atoms with E-state index >= 15 is 0 Å². The number of ether oxygens (including phenoxy) is 1. The van der Waals surface area contributed by atoms with Gasteiger partial charge in [0.15, 0.2) is 14.6 Å². The fourth-order valence-electron chi connectivity index (χ4n) is 2.96. The van der Waals surface area contributed by atoms with Gasteiger partial charge in [-0.15, -0.1) is 11.8 Å². The van der Waals surface area contributed by atoms with Gasteiger partial charge >= 0.3 is 5.97 Å². The molecule has 3 rings (SSSR count). The molecule has 0 radical (unpaired) electrons. The zero-order chi connectivity index (χ0) is 24.0. The van der Waals surface area contributed by atoms with Gasteiger partial charge in [0.25, 0.3) is 0 Å². The number of hydrogen-bond donors (Lipinski definition) is 0. The summed E-state index contributed by atoms with van der Waals surface area (Å²) >= 11 is 8.68. The number of fused-ring (bicyclic) bond motifs is 1. The van der Waals surface area contributed by atoms with Gasteiger partial charge in [0, 0.05) is 22.6 Å². The number of carbonyl (C=O) groups excluding carboxylic acids is 2. The van der Waals surface area contributed by atoms with Crippen LogP contribution in [0.2, 0.25) is 5.02 Å². The minimum Gasteiger partial charge on any atom is -0.465 e.